The number of hydrogen-bond acceptors (Lipinski definition) is 3. The van der Waals surface area contributed by atoms with Gasteiger partial charge in [0.05, 0.1) is 18.4 Å². The summed E-state index contributed by atoms with van der Waals surface area (Å²) in [5.41, 5.74) is -0.829. The van der Waals surface area contributed by atoms with Gasteiger partial charge in [0, 0.05) is 5.56 Å². The maximum absolute atomic E-state index is 12.9. The standard InChI is InChI=1S/C13H9F4NO2/c14-10-4-8(7-19)12(18-6-10)20-11-3-1-2-9(5-11)13(15,16)17/h1-6,19H,7H2. The number of halogens is 4. The number of pyridine rings is 1. The lowest BCUT2D eigenvalue weighted by molar-refractivity contribution is -0.137. The minimum Gasteiger partial charge on any atom is -0.439 e. The van der Waals surface area contributed by atoms with Crippen molar-refractivity contribution in [3.63, 3.8) is 0 Å². The molecule has 0 unspecified atom stereocenters. The fraction of sp³-hybridized carbons (Fsp3) is 0.154. The van der Waals surface area contributed by atoms with Gasteiger partial charge >= 0.3 is 6.18 Å². The quantitative estimate of drug-likeness (QED) is 0.878. The van der Waals surface area contributed by atoms with Gasteiger partial charge in [-0.15, -0.1) is 0 Å². The Hall–Kier alpha value is -2.15. The number of aliphatic hydroxyl groups is 1. The fourth-order valence-corrected chi connectivity index (χ4v) is 1.52. The zero-order chi connectivity index (χ0) is 14.8. The molecule has 7 heteroatoms. The Morgan fingerprint density at radius 3 is 2.60 bits per heavy atom. The van der Waals surface area contributed by atoms with Crippen molar-refractivity contribution in [3.05, 3.63) is 53.5 Å². The van der Waals surface area contributed by atoms with E-state index in [0.717, 1.165) is 24.4 Å². The number of nitrogens with zero attached hydrogens (tertiary/aromatic N) is 1. The highest BCUT2D eigenvalue weighted by Gasteiger charge is 2.30. The van der Waals surface area contributed by atoms with Crippen LogP contribution in [0.4, 0.5) is 17.6 Å². The molecule has 0 spiro atoms. The van der Waals surface area contributed by atoms with E-state index in [1.165, 1.54) is 12.1 Å². The molecule has 20 heavy (non-hydrogen) atoms. The average molecular weight is 287 g/mol. The molecule has 2 aromatic rings. The van der Waals surface area contributed by atoms with E-state index >= 15 is 0 Å². The predicted octanol–water partition coefficient (Wildman–Crippen LogP) is 3.52. The maximum Gasteiger partial charge on any atom is 0.416 e. The molecule has 0 fully saturated rings. The van der Waals surface area contributed by atoms with Gasteiger partial charge in [-0.3, -0.25) is 0 Å². The van der Waals surface area contributed by atoms with E-state index in [0.29, 0.717) is 0 Å². The topological polar surface area (TPSA) is 42.4 Å². The number of ether oxygens (including phenoxy) is 1. The van der Waals surface area contributed by atoms with Crippen LogP contribution in [0.25, 0.3) is 0 Å². The second kappa shape index (κ2) is 5.46. The Bertz CT molecular complexity index is 614. The monoisotopic (exact) mass is 287 g/mol. The van der Waals surface area contributed by atoms with Crippen LogP contribution in [0.15, 0.2) is 36.5 Å². The van der Waals surface area contributed by atoms with Crippen molar-refractivity contribution in [3.8, 4) is 11.6 Å². The molecule has 0 aliphatic carbocycles. The van der Waals surface area contributed by atoms with E-state index in [1.54, 1.807) is 0 Å². The first-order chi connectivity index (χ1) is 9.40. The third kappa shape index (κ3) is 3.24. The van der Waals surface area contributed by atoms with Crippen LogP contribution in [0.5, 0.6) is 11.6 Å². The summed E-state index contributed by atoms with van der Waals surface area (Å²) in [7, 11) is 0. The second-order valence-corrected chi connectivity index (χ2v) is 3.90. The highest BCUT2D eigenvalue weighted by atomic mass is 19.4. The van der Waals surface area contributed by atoms with Gasteiger partial charge in [0.2, 0.25) is 5.88 Å². The molecule has 2 rings (SSSR count). The Morgan fingerprint density at radius 2 is 1.95 bits per heavy atom. The van der Waals surface area contributed by atoms with Gasteiger partial charge in [0.1, 0.15) is 11.6 Å². The Balaban J connectivity index is 2.31. The SMILES string of the molecule is OCc1cc(F)cnc1Oc1cccc(C(F)(F)F)c1. The second-order valence-electron chi connectivity index (χ2n) is 3.90. The van der Waals surface area contributed by atoms with Crippen LogP contribution in [0.2, 0.25) is 0 Å². The summed E-state index contributed by atoms with van der Waals surface area (Å²) in [5, 5.41) is 9.04. The molecule has 1 aromatic heterocycles. The number of aromatic nitrogens is 1. The Labute approximate surface area is 111 Å². The molecule has 0 amide bonds. The van der Waals surface area contributed by atoms with Crippen molar-refractivity contribution in [2.45, 2.75) is 12.8 Å². The van der Waals surface area contributed by atoms with Crippen molar-refractivity contribution in [2.24, 2.45) is 0 Å². The van der Waals surface area contributed by atoms with Crippen LogP contribution in [-0.2, 0) is 12.8 Å². The summed E-state index contributed by atoms with van der Waals surface area (Å²) in [5.74, 6) is -0.924. The molecule has 0 aliphatic rings. The first-order valence-electron chi connectivity index (χ1n) is 5.50. The van der Waals surface area contributed by atoms with Crippen molar-refractivity contribution in [2.75, 3.05) is 0 Å². The molecule has 1 aromatic carbocycles. The zero-order valence-corrected chi connectivity index (χ0v) is 9.99. The number of hydrogen-bond donors (Lipinski definition) is 1. The van der Waals surface area contributed by atoms with Crippen molar-refractivity contribution in [1.82, 2.24) is 4.98 Å². The number of alkyl halides is 3. The Morgan fingerprint density at radius 1 is 1.20 bits per heavy atom. The van der Waals surface area contributed by atoms with Gasteiger partial charge in [-0.2, -0.15) is 13.2 Å². The van der Waals surface area contributed by atoms with Crippen LogP contribution in [0.1, 0.15) is 11.1 Å². The lowest BCUT2D eigenvalue weighted by Gasteiger charge is -2.11. The molecule has 0 atom stereocenters. The minimum absolute atomic E-state index is 0.0439. The highest BCUT2D eigenvalue weighted by Crippen LogP contribution is 2.32. The van der Waals surface area contributed by atoms with Gasteiger partial charge in [-0.1, -0.05) is 6.07 Å². The smallest absolute Gasteiger partial charge is 0.416 e. The van der Waals surface area contributed by atoms with Gasteiger partial charge in [0.15, 0.2) is 0 Å². The van der Waals surface area contributed by atoms with E-state index in [9.17, 15) is 17.6 Å². The molecule has 0 saturated carbocycles. The van der Waals surface area contributed by atoms with E-state index < -0.39 is 24.2 Å². The normalized spacial score (nSPS) is 11.4. The Kier molecular flexibility index (Phi) is 3.89. The molecular formula is C13H9F4NO2. The molecule has 106 valence electrons. The molecule has 0 radical (unpaired) electrons. The van der Waals surface area contributed by atoms with Crippen LogP contribution >= 0.6 is 0 Å². The van der Waals surface area contributed by atoms with Crippen molar-refractivity contribution < 1.29 is 27.4 Å². The van der Waals surface area contributed by atoms with Crippen molar-refractivity contribution in [1.29, 1.82) is 0 Å². The van der Waals surface area contributed by atoms with Crippen LogP contribution in [-0.4, -0.2) is 10.1 Å². The average Bonchev–Trinajstić information content (AvgIpc) is 2.40. The minimum atomic E-state index is -4.49. The van der Waals surface area contributed by atoms with E-state index in [-0.39, 0.29) is 17.2 Å². The molecular weight excluding hydrogens is 278 g/mol. The summed E-state index contributed by atoms with van der Waals surface area (Å²) in [6.45, 7) is -0.543. The maximum atomic E-state index is 12.9. The number of rotatable bonds is 3. The third-order valence-electron chi connectivity index (χ3n) is 2.44. The zero-order valence-electron chi connectivity index (χ0n) is 9.99. The summed E-state index contributed by atoms with van der Waals surface area (Å²) < 4.78 is 55.7. The van der Waals surface area contributed by atoms with Crippen LogP contribution < -0.4 is 4.74 Å². The van der Waals surface area contributed by atoms with Gasteiger partial charge in [0.25, 0.3) is 0 Å². The molecule has 0 bridgehead atoms. The third-order valence-corrected chi connectivity index (χ3v) is 2.44. The van der Waals surface area contributed by atoms with Gasteiger partial charge < -0.3 is 9.84 Å². The van der Waals surface area contributed by atoms with E-state index in [1.807, 2.05) is 0 Å². The lowest BCUT2D eigenvalue weighted by atomic mass is 10.2. The molecule has 0 saturated heterocycles. The summed E-state index contributed by atoms with van der Waals surface area (Å²) >= 11 is 0. The summed E-state index contributed by atoms with van der Waals surface area (Å²) in [6, 6.07) is 5.18. The van der Waals surface area contributed by atoms with Gasteiger partial charge in [-0.05, 0) is 24.3 Å². The lowest BCUT2D eigenvalue weighted by Crippen LogP contribution is -2.04. The van der Waals surface area contributed by atoms with Gasteiger partial charge in [-0.25, -0.2) is 9.37 Å². The summed E-state index contributed by atoms with van der Waals surface area (Å²) in [4.78, 5) is 3.60. The number of benzene rings is 1. The molecule has 3 nitrogen and oxygen atoms in total. The largest absolute Gasteiger partial charge is 0.439 e. The first-order valence-corrected chi connectivity index (χ1v) is 5.50. The molecule has 1 N–H and O–H groups in total. The first kappa shape index (κ1) is 14.3. The highest BCUT2D eigenvalue weighted by molar-refractivity contribution is 5.35. The van der Waals surface area contributed by atoms with E-state index in [4.69, 9.17) is 9.84 Å². The van der Waals surface area contributed by atoms with Crippen LogP contribution in [0, 0.1) is 5.82 Å². The van der Waals surface area contributed by atoms with E-state index in [2.05, 4.69) is 4.98 Å². The van der Waals surface area contributed by atoms with Crippen molar-refractivity contribution >= 4 is 0 Å². The summed E-state index contributed by atoms with van der Waals surface area (Å²) in [6.07, 6.45) is -3.64. The molecule has 0 aliphatic heterocycles. The molecule has 1 heterocycles. The fourth-order valence-electron chi connectivity index (χ4n) is 1.52. The van der Waals surface area contributed by atoms with Crippen LogP contribution in [0.3, 0.4) is 0 Å². The predicted molar refractivity (Wildman–Crippen MR) is 61.6 cm³/mol. The number of aliphatic hydroxyl groups excluding tert-OH is 1.